The van der Waals surface area contributed by atoms with Gasteiger partial charge in [0, 0.05) is 0 Å². The maximum Gasteiger partial charge on any atom is 0.122 e. The van der Waals surface area contributed by atoms with Crippen molar-refractivity contribution in [1.82, 2.24) is 0 Å². The number of benzene rings is 1. The highest BCUT2D eigenvalue weighted by Gasteiger charge is 2.15. The van der Waals surface area contributed by atoms with E-state index in [2.05, 4.69) is 38.1 Å². The van der Waals surface area contributed by atoms with Crippen LogP contribution in [0.5, 0.6) is 5.75 Å². The molecule has 0 saturated heterocycles. The van der Waals surface area contributed by atoms with Gasteiger partial charge in [-0.05, 0) is 36.3 Å². The molecule has 0 bridgehead atoms. The van der Waals surface area contributed by atoms with Crippen molar-refractivity contribution in [3.8, 4) is 5.75 Å². The third-order valence-corrected chi connectivity index (χ3v) is 3.74. The van der Waals surface area contributed by atoms with Crippen LogP contribution in [0.3, 0.4) is 0 Å². The molecule has 94 valence electrons. The first-order valence-electron chi connectivity index (χ1n) is 6.99. The lowest BCUT2D eigenvalue weighted by atomic mass is 9.90. The summed E-state index contributed by atoms with van der Waals surface area (Å²) in [6, 6.07) is 8.46. The SMILES string of the molecule is CC(C)c1ccccc1OCC1CCCCC1. The zero-order valence-corrected chi connectivity index (χ0v) is 11.1. The molecular formula is C16H24O. The molecule has 0 aromatic heterocycles. The molecular weight excluding hydrogens is 208 g/mol. The van der Waals surface area contributed by atoms with Crippen LogP contribution in [0, 0.1) is 5.92 Å². The predicted octanol–water partition coefficient (Wildman–Crippen LogP) is 4.77. The van der Waals surface area contributed by atoms with E-state index in [-0.39, 0.29) is 0 Å². The van der Waals surface area contributed by atoms with Gasteiger partial charge in [0.2, 0.25) is 0 Å². The van der Waals surface area contributed by atoms with Crippen LogP contribution in [0.4, 0.5) is 0 Å². The predicted molar refractivity (Wildman–Crippen MR) is 72.6 cm³/mol. The van der Waals surface area contributed by atoms with Crippen molar-refractivity contribution in [1.29, 1.82) is 0 Å². The Balaban J connectivity index is 1.93. The zero-order valence-electron chi connectivity index (χ0n) is 11.1. The van der Waals surface area contributed by atoms with E-state index in [0.717, 1.165) is 18.3 Å². The largest absolute Gasteiger partial charge is 0.493 e. The molecule has 1 heteroatoms. The van der Waals surface area contributed by atoms with E-state index in [0.29, 0.717) is 5.92 Å². The smallest absolute Gasteiger partial charge is 0.122 e. The van der Waals surface area contributed by atoms with E-state index >= 15 is 0 Å². The van der Waals surface area contributed by atoms with E-state index in [1.807, 2.05) is 0 Å². The fourth-order valence-electron chi connectivity index (χ4n) is 2.65. The quantitative estimate of drug-likeness (QED) is 0.726. The minimum Gasteiger partial charge on any atom is -0.493 e. The summed E-state index contributed by atoms with van der Waals surface area (Å²) in [5.74, 6) is 2.41. The maximum absolute atomic E-state index is 6.04. The van der Waals surface area contributed by atoms with Crippen LogP contribution < -0.4 is 4.74 Å². The van der Waals surface area contributed by atoms with Gasteiger partial charge in [0.05, 0.1) is 6.61 Å². The molecule has 0 N–H and O–H groups in total. The highest BCUT2D eigenvalue weighted by Crippen LogP contribution is 2.28. The highest BCUT2D eigenvalue weighted by atomic mass is 16.5. The van der Waals surface area contributed by atoms with Gasteiger partial charge in [-0.15, -0.1) is 0 Å². The maximum atomic E-state index is 6.04. The summed E-state index contributed by atoms with van der Waals surface area (Å²) < 4.78 is 6.04. The van der Waals surface area contributed by atoms with Gasteiger partial charge < -0.3 is 4.74 Å². The number of hydrogen-bond acceptors (Lipinski definition) is 1. The molecule has 2 rings (SSSR count). The lowest BCUT2D eigenvalue weighted by molar-refractivity contribution is 0.207. The van der Waals surface area contributed by atoms with Crippen molar-refractivity contribution < 1.29 is 4.74 Å². The Kier molecular flexibility index (Phi) is 4.47. The first kappa shape index (κ1) is 12.5. The van der Waals surface area contributed by atoms with Gasteiger partial charge in [-0.3, -0.25) is 0 Å². The van der Waals surface area contributed by atoms with Crippen LogP contribution in [0.2, 0.25) is 0 Å². The van der Waals surface area contributed by atoms with Crippen molar-refractivity contribution in [3.05, 3.63) is 29.8 Å². The van der Waals surface area contributed by atoms with Gasteiger partial charge in [-0.1, -0.05) is 51.3 Å². The van der Waals surface area contributed by atoms with Gasteiger partial charge in [-0.2, -0.15) is 0 Å². The third kappa shape index (κ3) is 3.49. The fourth-order valence-corrected chi connectivity index (χ4v) is 2.65. The van der Waals surface area contributed by atoms with E-state index < -0.39 is 0 Å². The van der Waals surface area contributed by atoms with E-state index in [9.17, 15) is 0 Å². The zero-order chi connectivity index (χ0) is 12.1. The molecule has 0 spiro atoms. The average Bonchev–Trinajstić information content (AvgIpc) is 2.38. The van der Waals surface area contributed by atoms with Gasteiger partial charge in [0.25, 0.3) is 0 Å². The highest BCUT2D eigenvalue weighted by molar-refractivity contribution is 5.35. The molecule has 17 heavy (non-hydrogen) atoms. The molecule has 1 nitrogen and oxygen atoms in total. The standard InChI is InChI=1S/C16H24O/c1-13(2)15-10-6-7-11-16(15)17-12-14-8-4-3-5-9-14/h6-7,10-11,13-14H,3-5,8-9,12H2,1-2H3. The van der Waals surface area contributed by atoms with Crippen LogP contribution >= 0.6 is 0 Å². The van der Waals surface area contributed by atoms with Crippen LogP contribution in [0.25, 0.3) is 0 Å². The fraction of sp³-hybridized carbons (Fsp3) is 0.625. The van der Waals surface area contributed by atoms with Crippen molar-refractivity contribution in [2.45, 2.75) is 51.9 Å². The molecule has 0 heterocycles. The van der Waals surface area contributed by atoms with Crippen LogP contribution in [0.15, 0.2) is 24.3 Å². The Morgan fingerprint density at radius 3 is 2.53 bits per heavy atom. The normalized spacial score (nSPS) is 17.4. The molecule has 1 aromatic carbocycles. The molecule has 0 atom stereocenters. The first-order valence-corrected chi connectivity index (χ1v) is 6.99. The first-order chi connectivity index (χ1) is 8.27. The second kappa shape index (κ2) is 6.09. The summed E-state index contributed by atoms with van der Waals surface area (Å²) in [5, 5.41) is 0. The summed E-state index contributed by atoms with van der Waals surface area (Å²) in [6.45, 7) is 5.36. The second-order valence-electron chi connectivity index (χ2n) is 5.51. The van der Waals surface area contributed by atoms with Crippen molar-refractivity contribution in [3.63, 3.8) is 0 Å². The van der Waals surface area contributed by atoms with Crippen LogP contribution in [-0.2, 0) is 0 Å². The molecule has 1 fully saturated rings. The van der Waals surface area contributed by atoms with E-state index in [4.69, 9.17) is 4.74 Å². The summed E-state index contributed by atoms with van der Waals surface area (Å²) in [5.41, 5.74) is 1.34. The Hall–Kier alpha value is -0.980. The number of rotatable bonds is 4. The summed E-state index contributed by atoms with van der Waals surface area (Å²) in [6.07, 6.45) is 6.90. The number of hydrogen-bond donors (Lipinski definition) is 0. The molecule has 1 aliphatic rings. The summed E-state index contributed by atoms with van der Waals surface area (Å²) in [4.78, 5) is 0. The molecule has 0 unspecified atom stereocenters. The minimum atomic E-state index is 0.539. The second-order valence-corrected chi connectivity index (χ2v) is 5.51. The van der Waals surface area contributed by atoms with Crippen LogP contribution in [-0.4, -0.2) is 6.61 Å². The summed E-state index contributed by atoms with van der Waals surface area (Å²) >= 11 is 0. The van der Waals surface area contributed by atoms with Crippen LogP contribution in [0.1, 0.15) is 57.4 Å². The van der Waals surface area contributed by atoms with Gasteiger partial charge in [0.1, 0.15) is 5.75 Å². The topological polar surface area (TPSA) is 9.23 Å². The Bertz CT molecular complexity index is 337. The Labute approximate surface area is 105 Å². The van der Waals surface area contributed by atoms with Gasteiger partial charge >= 0.3 is 0 Å². The third-order valence-electron chi connectivity index (χ3n) is 3.74. The Morgan fingerprint density at radius 2 is 1.82 bits per heavy atom. The average molecular weight is 232 g/mol. The van der Waals surface area contributed by atoms with E-state index in [1.54, 1.807) is 0 Å². The van der Waals surface area contributed by atoms with Gasteiger partial charge in [-0.25, -0.2) is 0 Å². The Morgan fingerprint density at radius 1 is 1.12 bits per heavy atom. The number of para-hydroxylation sites is 1. The lowest BCUT2D eigenvalue weighted by Crippen LogP contribution is -2.15. The summed E-state index contributed by atoms with van der Waals surface area (Å²) in [7, 11) is 0. The molecule has 1 saturated carbocycles. The molecule has 1 aromatic rings. The number of ether oxygens (including phenoxy) is 1. The van der Waals surface area contributed by atoms with E-state index in [1.165, 1.54) is 37.7 Å². The molecule has 0 radical (unpaired) electrons. The minimum absolute atomic E-state index is 0.539. The van der Waals surface area contributed by atoms with Crippen molar-refractivity contribution in [2.75, 3.05) is 6.61 Å². The van der Waals surface area contributed by atoms with Gasteiger partial charge in [0.15, 0.2) is 0 Å². The van der Waals surface area contributed by atoms with Crippen molar-refractivity contribution in [2.24, 2.45) is 5.92 Å². The molecule has 1 aliphatic carbocycles. The molecule has 0 amide bonds. The molecule has 0 aliphatic heterocycles. The monoisotopic (exact) mass is 232 g/mol. The van der Waals surface area contributed by atoms with Crippen molar-refractivity contribution >= 4 is 0 Å². The lowest BCUT2D eigenvalue weighted by Gasteiger charge is -2.23.